The SMILES string of the molecule is CCc1nc2c(cc1NC(=O)c1nccs1)c(OCC(F)(F)F)c(C(=O)O)n2C. The highest BCUT2D eigenvalue weighted by molar-refractivity contribution is 7.11. The van der Waals surface area contributed by atoms with Crippen LogP contribution in [0.25, 0.3) is 11.0 Å². The third-order valence-corrected chi connectivity index (χ3v) is 4.76. The number of pyridine rings is 1. The number of carboxylic acids is 1. The average Bonchev–Trinajstić information content (AvgIpc) is 3.26. The zero-order chi connectivity index (χ0) is 21.3. The monoisotopic (exact) mass is 428 g/mol. The number of nitrogens with one attached hydrogen (secondary N) is 1. The first-order valence-electron chi connectivity index (χ1n) is 8.28. The second kappa shape index (κ2) is 7.70. The second-order valence-corrected chi connectivity index (χ2v) is 6.84. The fourth-order valence-corrected chi connectivity index (χ4v) is 3.31. The van der Waals surface area contributed by atoms with E-state index < -0.39 is 36.1 Å². The lowest BCUT2D eigenvalue weighted by atomic mass is 10.2. The van der Waals surface area contributed by atoms with Gasteiger partial charge in [-0.05, 0) is 12.5 Å². The Balaban J connectivity index is 2.13. The summed E-state index contributed by atoms with van der Waals surface area (Å²) in [7, 11) is 1.37. The number of anilines is 1. The number of ether oxygens (including phenoxy) is 1. The fraction of sp³-hybridized carbons (Fsp3) is 0.294. The number of carboxylic acid groups (broad SMARTS) is 1. The number of alkyl halides is 3. The molecule has 0 aliphatic heterocycles. The molecule has 12 heteroatoms. The number of hydrogen-bond donors (Lipinski definition) is 2. The number of halogens is 3. The molecule has 0 aliphatic rings. The van der Waals surface area contributed by atoms with Gasteiger partial charge in [0.15, 0.2) is 23.1 Å². The third-order valence-electron chi connectivity index (χ3n) is 3.99. The van der Waals surface area contributed by atoms with Crippen molar-refractivity contribution in [2.24, 2.45) is 7.05 Å². The topological polar surface area (TPSA) is 106 Å². The lowest BCUT2D eigenvalue weighted by Crippen LogP contribution is -2.20. The van der Waals surface area contributed by atoms with Crippen LogP contribution in [0, 0.1) is 0 Å². The van der Waals surface area contributed by atoms with E-state index in [0.29, 0.717) is 12.1 Å². The van der Waals surface area contributed by atoms with Gasteiger partial charge in [0.05, 0.1) is 16.8 Å². The minimum Gasteiger partial charge on any atom is -0.481 e. The van der Waals surface area contributed by atoms with E-state index in [2.05, 4.69) is 15.3 Å². The normalized spacial score (nSPS) is 11.6. The van der Waals surface area contributed by atoms with Crippen LogP contribution in [0.5, 0.6) is 5.75 Å². The van der Waals surface area contributed by atoms with Gasteiger partial charge in [-0.25, -0.2) is 14.8 Å². The van der Waals surface area contributed by atoms with E-state index in [4.69, 9.17) is 4.74 Å². The molecular formula is C17H15F3N4O4S. The standard InChI is InChI=1S/C17H15F3N4O4S/c1-3-9-10(23-14(25)15-21-4-5-29-15)6-8-12(28-7-17(18,19)20)11(16(26)27)24(2)13(8)22-9/h4-6H,3,7H2,1-2H3,(H,23,25)(H,26,27). The van der Waals surface area contributed by atoms with Crippen LogP contribution in [-0.2, 0) is 13.5 Å². The number of rotatable bonds is 6. The van der Waals surface area contributed by atoms with E-state index in [9.17, 15) is 27.9 Å². The smallest absolute Gasteiger partial charge is 0.422 e. The molecule has 0 bridgehead atoms. The maximum atomic E-state index is 12.7. The number of fused-ring (bicyclic) bond motifs is 1. The lowest BCUT2D eigenvalue weighted by molar-refractivity contribution is -0.153. The van der Waals surface area contributed by atoms with Crippen molar-refractivity contribution >= 4 is 39.9 Å². The Labute approximate surface area is 166 Å². The van der Waals surface area contributed by atoms with E-state index in [-0.39, 0.29) is 21.7 Å². The number of thiazole rings is 1. The molecular weight excluding hydrogens is 413 g/mol. The average molecular weight is 428 g/mol. The predicted molar refractivity (Wildman–Crippen MR) is 98.7 cm³/mol. The highest BCUT2D eigenvalue weighted by Gasteiger charge is 2.32. The van der Waals surface area contributed by atoms with E-state index in [1.54, 1.807) is 12.3 Å². The van der Waals surface area contributed by atoms with Crippen molar-refractivity contribution in [3.63, 3.8) is 0 Å². The van der Waals surface area contributed by atoms with Crippen LogP contribution in [0.2, 0.25) is 0 Å². The molecule has 3 heterocycles. The Kier molecular flexibility index (Phi) is 5.46. The number of aromatic carboxylic acids is 1. The predicted octanol–water partition coefficient (Wildman–Crippen LogP) is 3.48. The molecule has 0 fully saturated rings. The van der Waals surface area contributed by atoms with Gasteiger partial charge in [0, 0.05) is 18.6 Å². The quantitative estimate of drug-likeness (QED) is 0.623. The van der Waals surface area contributed by atoms with Crippen LogP contribution < -0.4 is 10.1 Å². The van der Waals surface area contributed by atoms with Gasteiger partial charge in [-0.2, -0.15) is 13.2 Å². The molecule has 0 saturated heterocycles. The molecule has 3 rings (SSSR count). The van der Waals surface area contributed by atoms with Gasteiger partial charge in [-0.1, -0.05) is 6.92 Å². The van der Waals surface area contributed by atoms with Gasteiger partial charge in [0.25, 0.3) is 5.91 Å². The van der Waals surface area contributed by atoms with Gasteiger partial charge in [0.1, 0.15) is 5.65 Å². The molecule has 1 amide bonds. The Hall–Kier alpha value is -3.15. The summed E-state index contributed by atoms with van der Waals surface area (Å²) in [6.45, 7) is 0.109. The van der Waals surface area contributed by atoms with Gasteiger partial charge in [-0.15, -0.1) is 11.3 Å². The van der Waals surface area contributed by atoms with Crippen LogP contribution >= 0.6 is 11.3 Å². The molecule has 0 radical (unpaired) electrons. The first-order valence-corrected chi connectivity index (χ1v) is 9.16. The zero-order valence-corrected chi connectivity index (χ0v) is 16.0. The summed E-state index contributed by atoms with van der Waals surface area (Å²) >= 11 is 1.12. The number of carbonyl (C=O) groups is 2. The highest BCUT2D eigenvalue weighted by Crippen LogP contribution is 2.36. The second-order valence-electron chi connectivity index (χ2n) is 5.94. The Morgan fingerprint density at radius 1 is 1.38 bits per heavy atom. The van der Waals surface area contributed by atoms with Crippen molar-refractivity contribution in [3.05, 3.63) is 34.0 Å². The Morgan fingerprint density at radius 3 is 2.66 bits per heavy atom. The van der Waals surface area contributed by atoms with Crippen LogP contribution in [-0.4, -0.2) is 44.3 Å². The number of aryl methyl sites for hydroxylation is 2. The van der Waals surface area contributed by atoms with Crippen LogP contribution in [0.15, 0.2) is 17.6 Å². The van der Waals surface area contributed by atoms with Gasteiger partial charge < -0.3 is 19.7 Å². The van der Waals surface area contributed by atoms with Crippen molar-refractivity contribution in [2.45, 2.75) is 19.5 Å². The minimum atomic E-state index is -4.66. The largest absolute Gasteiger partial charge is 0.481 e. The number of hydrogen-bond acceptors (Lipinski definition) is 6. The van der Waals surface area contributed by atoms with Gasteiger partial charge in [-0.3, -0.25) is 4.79 Å². The molecule has 0 aliphatic carbocycles. The highest BCUT2D eigenvalue weighted by atomic mass is 32.1. The molecule has 8 nitrogen and oxygen atoms in total. The molecule has 0 unspecified atom stereocenters. The maximum Gasteiger partial charge on any atom is 0.422 e. The van der Waals surface area contributed by atoms with Crippen molar-refractivity contribution in [1.29, 1.82) is 0 Å². The zero-order valence-electron chi connectivity index (χ0n) is 15.2. The lowest BCUT2D eigenvalue weighted by Gasteiger charge is -2.11. The molecule has 3 aromatic rings. The number of nitrogens with zero attached hydrogens (tertiary/aromatic N) is 3. The minimum absolute atomic E-state index is 0.0424. The van der Waals surface area contributed by atoms with E-state index in [1.165, 1.54) is 19.3 Å². The first kappa shape index (κ1) is 20.6. The van der Waals surface area contributed by atoms with Crippen molar-refractivity contribution < 1.29 is 32.6 Å². The number of carbonyl (C=O) groups excluding carboxylic acids is 1. The van der Waals surface area contributed by atoms with Crippen LogP contribution in [0.1, 0.15) is 32.9 Å². The van der Waals surface area contributed by atoms with Crippen molar-refractivity contribution in [3.8, 4) is 5.75 Å². The van der Waals surface area contributed by atoms with Crippen LogP contribution in [0.4, 0.5) is 18.9 Å². The number of aromatic nitrogens is 3. The summed E-state index contributed by atoms with van der Waals surface area (Å²) < 4.78 is 43.9. The van der Waals surface area contributed by atoms with Crippen molar-refractivity contribution in [1.82, 2.24) is 14.5 Å². The summed E-state index contributed by atoms with van der Waals surface area (Å²) in [5.74, 6) is -2.44. The maximum absolute atomic E-state index is 12.7. The van der Waals surface area contributed by atoms with E-state index >= 15 is 0 Å². The van der Waals surface area contributed by atoms with E-state index in [1.807, 2.05) is 0 Å². The molecule has 0 atom stereocenters. The van der Waals surface area contributed by atoms with Crippen molar-refractivity contribution in [2.75, 3.05) is 11.9 Å². The summed E-state index contributed by atoms with van der Waals surface area (Å²) in [5, 5.41) is 13.9. The molecule has 29 heavy (non-hydrogen) atoms. The van der Waals surface area contributed by atoms with E-state index in [0.717, 1.165) is 15.9 Å². The van der Waals surface area contributed by atoms with Gasteiger partial charge >= 0.3 is 12.1 Å². The molecule has 0 aromatic carbocycles. The molecule has 0 spiro atoms. The molecule has 154 valence electrons. The van der Waals surface area contributed by atoms with Crippen LogP contribution in [0.3, 0.4) is 0 Å². The Bertz CT molecular complexity index is 1080. The van der Waals surface area contributed by atoms with Gasteiger partial charge in [0.2, 0.25) is 0 Å². The molecule has 0 saturated carbocycles. The third kappa shape index (κ3) is 4.16. The first-order chi connectivity index (χ1) is 13.6. The molecule has 2 N–H and O–H groups in total. The molecule has 3 aromatic heterocycles. The summed E-state index contributed by atoms with van der Waals surface area (Å²) in [6.07, 6.45) is -2.81. The summed E-state index contributed by atoms with van der Waals surface area (Å²) in [4.78, 5) is 32.2. The summed E-state index contributed by atoms with van der Waals surface area (Å²) in [6, 6.07) is 1.37. The fourth-order valence-electron chi connectivity index (χ4n) is 2.78. The number of amides is 1. The summed E-state index contributed by atoms with van der Waals surface area (Å²) in [5.41, 5.74) is 0.327. The Morgan fingerprint density at radius 2 is 2.10 bits per heavy atom.